The molecule has 0 aromatic heterocycles. The zero-order chi connectivity index (χ0) is 18.8. The molecule has 0 bridgehead atoms. The van der Waals surface area contributed by atoms with Crippen molar-refractivity contribution in [2.75, 3.05) is 5.73 Å². The number of aliphatic carboxylic acids is 1. The molecule has 0 heterocycles. The fourth-order valence-corrected chi connectivity index (χ4v) is 4.35. The van der Waals surface area contributed by atoms with Crippen LogP contribution < -0.4 is 5.73 Å². The van der Waals surface area contributed by atoms with Crippen LogP contribution in [0.4, 0.5) is 5.69 Å². The van der Waals surface area contributed by atoms with Crippen LogP contribution in [-0.4, -0.2) is 11.1 Å². The number of carbonyl (C=O) groups is 1. The molecule has 0 fully saturated rings. The Morgan fingerprint density at radius 3 is 2.58 bits per heavy atom. The molecule has 26 heavy (non-hydrogen) atoms. The lowest BCUT2D eigenvalue weighted by atomic mass is 9.79. The molecule has 2 atom stereocenters. The zero-order valence-corrected chi connectivity index (χ0v) is 16.0. The Hall–Kier alpha value is -2.29. The third-order valence-electron chi connectivity index (χ3n) is 5.80. The van der Waals surface area contributed by atoms with E-state index in [0.717, 1.165) is 36.0 Å². The maximum absolute atomic E-state index is 12.2. The van der Waals surface area contributed by atoms with E-state index in [4.69, 9.17) is 5.73 Å². The molecule has 0 spiro atoms. The number of rotatable bonds is 7. The predicted octanol–water partition coefficient (Wildman–Crippen LogP) is 5.47. The van der Waals surface area contributed by atoms with E-state index in [2.05, 4.69) is 32.9 Å². The molecule has 3 N–H and O–H groups in total. The molecular weight excluding hydrogens is 322 g/mol. The Kier molecular flexibility index (Phi) is 5.36. The zero-order valence-electron chi connectivity index (χ0n) is 16.0. The molecule has 0 radical (unpaired) electrons. The standard InChI is InChI=1S/C23H29NO2/c1-4-7-15(14(2)3)10-22(23(25)26)21-13-17(24)12-20-18-9-6-5-8-16(18)11-19(20)21/h5-6,8-9,12-15,22H,4,7,10-11,24H2,1-3H3,(H,25,26). The van der Waals surface area contributed by atoms with Crippen LogP contribution >= 0.6 is 0 Å². The first-order chi connectivity index (χ1) is 12.4. The Morgan fingerprint density at radius 2 is 1.92 bits per heavy atom. The quantitative estimate of drug-likeness (QED) is 0.555. The van der Waals surface area contributed by atoms with E-state index >= 15 is 0 Å². The summed E-state index contributed by atoms with van der Waals surface area (Å²) in [5, 5.41) is 10.0. The predicted molar refractivity (Wildman–Crippen MR) is 107 cm³/mol. The van der Waals surface area contributed by atoms with Gasteiger partial charge in [0, 0.05) is 5.69 Å². The second kappa shape index (κ2) is 7.53. The topological polar surface area (TPSA) is 63.3 Å². The van der Waals surface area contributed by atoms with Gasteiger partial charge >= 0.3 is 5.97 Å². The number of hydrogen-bond donors (Lipinski definition) is 2. The summed E-state index contributed by atoms with van der Waals surface area (Å²) >= 11 is 0. The minimum Gasteiger partial charge on any atom is -0.481 e. The van der Waals surface area contributed by atoms with Gasteiger partial charge in [-0.25, -0.2) is 0 Å². The van der Waals surface area contributed by atoms with Crippen LogP contribution in [0.5, 0.6) is 0 Å². The van der Waals surface area contributed by atoms with Gasteiger partial charge in [0.2, 0.25) is 0 Å². The van der Waals surface area contributed by atoms with Crippen LogP contribution in [0.15, 0.2) is 36.4 Å². The van der Waals surface area contributed by atoms with Crippen molar-refractivity contribution in [3.05, 3.63) is 53.1 Å². The number of anilines is 1. The number of benzene rings is 2. The van der Waals surface area contributed by atoms with Crippen LogP contribution in [0.1, 0.15) is 62.6 Å². The van der Waals surface area contributed by atoms with Crippen LogP contribution in [0.2, 0.25) is 0 Å². The molecule has 0 aliphatic heterocycles. The van der Waals surface area contributed by atoms with E-state index in [-0.39, 0.29) is 0 Å². The molecular formula is C23H29NO2. The average Bonchev–Trinajstić information content (AvgIpc) is 2.96. The molecule has 0 saturated heterocycles. The van der Waals surface area contributed by atoms with Crippen LogP contribution in [0.25, 0.3) is 11.1 Å². The first-order valence-corrected chi connectivity index (χ1v) is 9.65. The second-order valence-corrected chi connectivity index (χ2v) is 7.89. The lowest BCUT2D eigenvalue weighted by Crippen LogP contribution is -2.20. The smallest absolute Gasteiger partial charge is 0.310 e. The Morgan fingerprint density at radius 1 is 1.19 bits per heavy atom. The van der Waals surface area contributed by atoms with Crippen molar-refractivity contribution in [2.24, 2.45) is 11.8 Å². The molecule has 0 saturated carbocycles. The molecule has 2 aromatic carbocycles. The summed E-state index contributed by atoms with van der Waals surface area (Å²) < 4.78 is 0. The van der Waals surface area contributed by atoms with E-state index in [1.807, 2.05) is 24.3 Å². The SMILES string of the molecule is CCCC(CC(C(=O)O)c1cc(N)cc2c1Cc1ccccc1-2)C(C)C. The number of carboxylic acid groups (broad SMARTS) is 1. The van der Waals surface area contributed by atoms with Crippen molar-refractivity contribution < 1.29 is 9.90 Å². The maximum Gasteiger partial charge on any atom is 0.310 e. The van der Waals surface area contributed by atoms with Gasteiger partial charge in [0.25, 0.3) is 0 Å². The van der Waals surface area contributed by atoms with Gasteiger partial charge in [-0.1, -0.05) is 57.9 Å². The van der Waals surface area contributed by atoms with Crippen molar-refractivity contribution in [1.82, 2.24) is 0 Å². The highest BCUT2D eigenvalue weighted by atomic mass is 16.4. The molecule has 1 aliphatic rings. The van der Waals surface area contributed by atoms with Gasteiger partial charge in [-0.15, -0.1) is 0 Å². The van der Waals surface area contributed by atoms with Crippen molar-refractivity contribution in [2.45, 2.75) is 52.4 Å². The first kappa shape index (κ1) is 18.5. The minimum absolute atomic E-state index is 0.405. The maximum atomic E-state index is 12.2. The Balaban J connectivity index is 2.04. The summed E-state index contributed by atoms with van der Waals surface area (Å²) in [5.41, 5.74) is 12.4. The molecule has 3 rings (SSSR count). The van der Waals surface area contributed by atoms with Gasteiger partial charge in [-0.2, -0.15) is 0 Å². The average molecular weight is 351 g/mol. The van der Waals surface area contributed by atoms with E-state index in [1.54, 1.807) is 0 Å². The molecule has 2 aromatic rings. The second-order valence-electron chi connectivity index (χ2n) is 7.89. The van der Waals surface area contributed by atoms with Gasteiger partial charge in [0.1, 0.15) is 0 Å². The summed E-state index contributed by atoms with van der Waals surface area (Å²) in [5.74, 6) is -0.360. The first-order valence-electron chi connectivity index (χ1n) is 9.65. The van der Waals surface area contributed by atoms with E-state index in [1.165, 1.54) is 11.1 Å². The lowest BCUT2D eigenvalue weighted by Gasteiger charge is -2.26. The number of nitrogen functional groups attached to an aromatic ring is 1. The molecule has 138 valence electrons. The van der Waals surface area contributed by atoms with E-state index in [9.17, 15) is 9.90 Å². The molecule has 2 unspecified atom stereocenters. The van der Waals surface area contributed by atoms with E-state index in [0.29, 0.717) is 23.9 Å². The lowest BCUT2D eigenvalue weighted by molar-refractivity contribution is -0.139. The molecule has 3 heteroatoms. The van der Waals surface area contributed by atoms with Crippen LogP contribution in [0, 0.1) is 11.8 Å². The molecule has 0 amide bonds. The fourth-order valence-electron chi connectivity index (χ4n) is 4.35. The van der Waals surface area contributed by atoms with Gasteiger partial charge < -0.3 is 10.8 Å². The van der Waals surface area contributed by atoms with Crippen LogP contribution in [0.3, 0.4) is 0 Å². The number of hydrogen-bond acceptors (Lipinski definition) is 2. The van der Waals surface area contributed by atoms with Gasteiger partial charge in [-0.05, 0) is 64.6 Å². The highest BCUT2D eigenvalue weighted by molar-refractivity contribution is 5.84. The van der Waals surface area contributed by atoms with Crippen molar-refractivity contribution in [3.63, 3.8) is 0 Å². The number of fused-ring (bicyclic) bond motifs is 3. The Bertz CT molecular complexity index is 810. The minimum atomic E-state index is -0.740. The summed E-state index contributed by atoms with van der Waals surface area (Å²) in [6.45, 7) is 6.55. The fraction of sp³-hybridized carbons (Fsp3) is 0.435. The normalized spacial score (nSPS) is 14.8. The van der Waals surface area contributed by atoms with Gasteiger partial charge in [-0.3, -0.25) is 4.79 Å². The summed E-state index contributed by atoms with van der Waals surface area (Å²) in [6, 6.07) is 12.2. The highest BCUT2D eigenvalue weighted by Gasteiger charge is 2.31. The summed E-state index contributed by atoms with van der Waals surface area (Å²) in [6.07, 6.45) is 3.61. The summed E-state index contributed by atoms with van der Waals surface area (Å²) in [4.78, 5) is 12.2. The largest absolute Gasteiger partial charge is 0.481 e. The number of carboxylic acids is 1. The summed E-state index contributed by atoms with van der Waals surface area (Å²) in [7, 11) is 0. The molecule has 1 aliphatic carbocycles. The van der Waals surface area contributed by atoms with Crippen LogP contribution in [-0.2, 0) is 11.2 Å². The highest BCUT2D eigenvalue weighted by Crippen LogP contribution is 2.43. The third-order valence-corrected chi connectivity index (χ3v) is 5.80. The van der Waals surface area contributed by atoms with Crippen molar-refractivity contribution in [1.29, 1.82) is 0 Å². The molecule has 3 nitrogen and oxygen atoms in total. The number of nitrogens with two attached hydrogens (primary N) is 1. The van der Waals surface area contributed by atoms with Gasteiger partial charge in [0.15, 0.2) is 0 Å². The Labute approximate surface area is 156 Å². The van der Waals surface area contributed by atoms with Crippen molar-refractivity contribution in [3.8, 4) is 11.1 Å². The van der Waals surface area contributed by atoms with E-state index < -0.39 is 11.9 Å². The van der Waals surface area contributed by atoms with Crippen molar-refractivity contribution >= 4 is 11.7 Å². The monoisotopic (exact) mass is 351 g/mol. The third kappa shape index (κ3) is 3.48. The van der Waals surface area contributed by atoms with Gasteiger partial charge in [0.05, 0.1) is 5.92 Å².